The molecular weight excluding hydrogens is 260 g/mol. The molecule has 0 aliphatic heterocycles. The first kappa shape index (κ1) is 13.7. The van der Waals surface area contributed by atoms with Crippen molar-refractivity contribution in [3.8, 4) is 0 Å². The van der Waals surface area contributed by atoms with Gasteiger partial charge in [-0.05, 0) is 24.6 Å². The number of aromatic nitrogens is 3. The Morgan fingerprint density at radius 1 is 1.40 bits per heavy atom. The van der Waals surface area contributed by atoms with E-state index in [0.717, 1.165) is 0 Å². The van der Waals surface area contributed by atoms with E-state index in [1.54, 1.807) is 29.9 Å². The highest BCUT2D eigenvalue weighted by molar-refractivity contribution is 5.94. The van der Waals surface area contributed by atoms with E-state index in [-0.39, 0.29) is 17.9 Å². The van der Waals surface area contributed by atoms with Crippen LogP contribution in [0.1, 0.15) is 22.3 Å². The number of anilines is 1. The van der Waals surface area contributed by atoms with Gasteiger partial charge in [0.15, 0.2) is 0 Å². The van der Waals surface area contributed by atoms with Gasteiger partial charge in [0.1, 0.15) is 0 Å². The standard InChI is InChI=1S/C13H14N4O3/c1-9-2-3-10(8-11(9)13(19)20)15-12(18)4-6-17-7-5-14-16-17/h2-3,5,7-8H,4,6H2,1H3,(H,15,18)(H,19,20). The molecule has 0 spiro atoms. The second-order valence-electron chi connectivity index (χ2n) is 4.30. The topological polar surface area (TPSA) is 97.1 Å². The van der Waals surface area contributed by atoms with Crippen LogP contribution in [0.2, 0.25) is 0 Å². The summed E-state index contributed by atoms with van der Waals surface area (Å²) in [6, 6.07) is 4.79. The van der Waals surface area contributed by atoms with Gasteiger partial charge in [0, 0.05) is 18.3 Å². The van der Waals surface area contributed by atoms with Gasteiger partial charge < -0.3 is 10.4 Å². The summed E-state index contributed by atoms with van der Waals surface area (Å²) < 4.78 is 1.55. The van der Waals surface area contributed by atoms with Gasteiger partial charge in [-0.25, -0.2) is 4.79 Å². The largest absolute Gasteiger partial charge is 0.478 e. The summed E-state index contributed by atoms with van der Waals surface area (Å²) in [5.41, 5.74) is 1.30. The molecule has 7 nitrogen and oxygen atoms in total. The Morgan fingerprint density at radius 2 is 2.20 bits per heavy atom. The Morgan fingerprint density at radius 3 is 2.85 bits per heavy atom. The summed E-state index contributed by atoms with van der Waals surface area (Å²) in [6.45, 7) is 2.13. The number of nitrogens with zero attached hydrogens (tertiary/aromatic N) is 3. The number of aryl methyl sites for hydroxylation is 2. The van der Waals surface area contributed by atoms with Crippen LogP contribution in [-0.2, 0) is 11.3 Å². The Hall–Kier alpha value is -2.70. The van der Waals surface area contributed by atoms with Gasteiger partial charge in [-0.15, -0.1) is 5.10 Å². The van der Waals surface area contributed by atoms with Crippen molar-refractivity contribution in [3.05, 3.63) is 41.7 Å². The van der Waals surface area contributed by atoms with Gasteiger partial charge in [-0.1, -0.05) is 11.3 Å². The number of carbonyl (C=O) groups excluding carboxylic acids is 1. The maximum absolute atomic E-state index is 11.8. The van der Waals surface area contributed by atoms with Gasteiger partial charge in [0.2, 0.25) is 5.91 Å². The highest BCUT2D eigenvalue weighted by Crippen LogP contribution is 2.15. The number of amides is 1. The van der Waals surface area contributed by atoms with Crippen LogP contribution < -0.4 is 5.32 Å². The zero-order valence-corrected chi connectivity index (χ0v) is 10.9. The van der Waals surface area contributed by atoms with Crippen LogP contribution in [0.5, 0.6) is 0 Å². The van der Waals surface area contributed by atoms with Crippen LogP contribution >= 0.6 is 0 Å². The molecule has 20 heavy (non-hydrogen) atoms. The maximum Gasteiger partial charge on any atom is 0.336 e. The molecule has 2 N–H and O–H groups in total. The lowest BCUT2D eigenvalue weighted by Crippen LogP contribution is -2.15. The molecule has 2 rings (SSSR count). The SMILES string of the molecule is Cc1ccc(NC(=O)CCn2ccnn2)cc1C(=O)O. The fourth-order valence-corrected chi connectivity index (χ4v) is 1.72. The normalized spacial score (nSPS) is 10.2. The minimum absolute atomic E-state index is 0.180. The molecule has 0 aliphatic rings. The zero-order valence-electron chi connectivity index (χ0n) is 10.9. The summed E-state index contributed by atoms with van der Waals surface area (Å²) in [7, 11) is 0. The van der Waals surface area contributed by atoms with Crippen LogP contribution in [-0.4, -0.2) is 32.0 Å². The Kier molecular flexibility index (Phi) is 4.09. The molecule has 1 amide bonds. The van der Waals surface area contributed by atoms with E-state index in [1.165, 1.54) is 12.3 Å². The van der Waals surface area contributed by atoms with E-state index in [9.17, 15) is 9.59 Å². The number of nitrogens with one attached hydrogen (secondary N) is 1. The minimum Gasteiger partial charge on any atom is -0.478 e. The molecule has 104 valence electrons. The van der Waals surface area contributed by atoms with Crippen molar-refractivity contribution in [3.63, 3.8) is 0 Å². The molecule has 0 radical (unpaired) electrons. The van der Waals surface area contributed by atoms with Crippen molar-refractivity contribution in [2.45, 2.75) is 19.9 Å². The lowest BCUT2D eigenvalue weighted by Gasteiger charge is -2.07. The van der Waals surface area contributed by atoms with Crippen molar-refractivity contribution in [2.75, 3.05) is 5.32 Å². The zero-order chi connectivity index (χ0) is 14.5. The number of benzene rings is 1. The number of carboxylic acid groups (broad SMARTS) is 1. The van der Waals surface area contributed by atoms with Gasteiger partial charge in [-0.3, -0.25) is 9.48 Å². The van der Waals surface area contributed by atoms with Crippen LogP contribution in [0.15, 0.2) is 30.6 Å². The van der Waals surface area contributed by atoms with Gasteiger partial charge >= 0.3 is 5.97 Å². The second kappa shape index (κ2) is 5.96. The summed E-state index contributed by atoms with van der Waals surface area (Å²) in [5.74, 6) is -1.22. The third-order valence-electron chi connectivity index (χ3n) is 2.79. The van der Waals surface area contributed by atoms with Crippen molar-refractivity contribution in [1.29, 1.82) is 0 Å². The van der Waals surface area contributed by atoms with E-state index in [2.05, 4.69) is 15.6 Å². The molecule has 0 saturated heterocycles. The Balaban J connectivity index is 1.97. The third-order valence-corrected chi connectivity index (χ3v) is 2.79. The lowest BCUT2D eigenvalue weighted by atomic mass is 10.1. The lowest BCUT2D eigenvalue weighted by molar-refractivity contribution is -0.116. The average Bonchev–Trinajstić information content (AvgIpc) is 2.91. The fraction of sp³-hybridized carbons (Fsp3) is 0.231. The van der Waals surface area contributed by atoms with Crippen LogP contribution in [0.25, 0.3) is 0 Å². The number of rotatable bonds is 5. The van der Waals surface area contributed by atoms with E-state index in [1.807, 2.05) is 0 Å². The molecule has 0 unspecified atom stereocenters. The summed E-state index contributed by atoms with van der Waals surface area (Å²) in [6.07, 6.45) is 3.44. The Labute approximate surface area is 115 Å². The van der Waals surface area contributed by atoms with Gasteiger partial charge in [-0.2, -0.15) is 0 Å². The molecule has 7 heteroatoms. The van der Waals surface area contributed by atoms with Crippen molar-refractivity contribution in [1.82, 2.24) is 15.0 Å². The minimum atomic E-state index is -1.01. The molecule has 1 aromatic heterocycles. The molecule has 0 saturated carbocycles. The van der Waals surface area contributed by atoms with Crippen molar-refractivity contribution in [2.24, 2.45) is 0 Å². The average molecular weight is 274 g/mol. The quantitative estimate of drug-likeness (QED) is 0.856. The maximum atomic E-state index is 11.8. The smallest absolute Gasteiger partial charge is 0.336 e. The molecule has 2 aromatic rings. The third kappa shape index (κ3) is 3.41. The second-order valence-corrected chi connectivity index (χ2v) is 4.30. The molecular formula is C13H14N4O3. The first-order valence-electron chi connectivity index (χ1n) is 6.04. The molecule has 1 aromatic carbocycles. The van der Waals surface area contributed by atoms with Crippen molar-refractivity contribution >= 4 is 17.6 Å². The van der Waals surface area contributed by atoms with E-state index in [0.29, 0.717) is 17.8 Å². The predicted molar refractivity (Wildman–Crippen MR) is 71.4 cm³/mol. The first-order chi connectivity index (χ1) is 9.56. The van der Waals surface area contributed by atoms with Crippen molar-refractivity contribution < 1.29 is 14.7 Å². The number of aromatic carboxylic acids is 1. The van der Waals surface area contributed by atoms with E-state index >= 15 is 0 Å². The first-order valence-corrected chi connectivity index (χ1v) is 6.04. The van der Waals surface area contributed by atoms with Gasteiger partial charge in [0.25, 0.3) is 0 Å². The molecule has 0 bridgehead atoms. The summed E-state index contributed by atoms with van der Waals surface area (Å²) >= 11 is 0. The number of hydrogen-bond donors (Lipinski definition) is 2. The highest BCUT2D eigenvalue weighted by Gasteiger charge is 2.09. The van der Waals surface area contributed by atoms with Crippen LogP contribution in [0, 0.1) is 6.92 Å². The highest BCUT2D eigenvalue weighted by atomic mass is 16.4. The fourth-order valence-electron chi connectivity index (χ4n) is 1.72. The number of carboxylic acids is 1. The summed E-state index contributed by atoms with van der Waals surface area (Å²) in [4.78, 5) is 22.8. The number of carbonyl (C=O) groups is 2. The van der Waals surface area contributed by atoms with E-state index in [4.69, 9.17) is 5.11 Å². The van der Waals surface area contributed by atoms with Gasteiger partial charge in [0.05, 0.1) is 18.3 Å². The summed E-state index contributed by atoms with van der Waals surface area (Å²) in [5, 5.41) is 19.1. The van der Waals surface area contributed by atoms with Crippen LogP contribution in [0.3, 0.4) is 0 Å². The molecule has 1 heterocycles. The predicted octanol–water partition coefficient (Wildman–Crippen LogP) is 1.31. The van der Waals surface area contributed by atoms with Crippen LogP contribution in [0.4, 0.5) is 5.69 Å². The van der Waals surface area contributed by atoms with E-state index < -0.39 is 5.97 Å². The molecule has 0 atom stereocenters. The molecule has 0 aliphatic carbocycles. The monoisotopic (exact) mass is 274 g/mol. The Bertz CT molecular complexity index is 623. The number of hydrogen-bond acceptors (Lipinski definition) is 4. The molecule has 0 fully saturated rings.